The summed E-state index contributed by atoms with van der Waals surface area (Å²) in [5.41, 5.74) is 0.437. The van der Waals surface area contributed by atoms with Gasteiger partial charge in [-0.3, -0.25) is 4.79 Å². The topological polar surface area (TPSA) is 29.1 Å². The molecular formula is C16H33NO. The first-order chi connectivity index (χ1) is 7.91. The molecule has 0 aliphatic rings. The van der Waals surface area contributed by atoms with Crippen molar-refractivity contribution < 1.29 is 4.79 Å². The highest BCUT2D eigenvalue weighted by atomic mass is 16.1. The van der Waals surface area contributed by atoms with Crippen molar-refractivity contribution in [3.8, 4) is 0 Å². The molecule has 2 heteroatoms. The number of carbonyl (C=O) groups excluding carboxylic acids is 1. The summed E-state index contributed by atoms with van der Waals surface area (Å²) in [5.74, 6) is 1.20. The van der Waals surface area contributed by atoms with Gasteiger partial charge in [0.25, 0.3) is 0 Å². The Balaban J connectivity index is 4.93. The first-order valence-electron chi connectivity index (χ1n) is 7.19. The normalized spacial score (nSPS) is 16.6. The number of hydrogen-bond acceptors (Lipinski definition) is 1. The molecular weight excluding hydrogens is 222 g/mol. The number of rotatable bonds is 6. The van der Waals surface area contributed by atoms with Crippen LogP contribution in [-0.2, 0) is 4.79 Å². The monoisotopic (exact) mass is 255 g/mol. The van der Waals surface area contributed by atoms with Crippen LogP contribution in [0.3, 0.4) is 0 Å². The molecule has 0 rings (SSSR count). The number of amides is 1. The maximum Gasteiger partial charge on any atom is 0.217 e. The second-order valence-corrected chi connectivity index (χ2v) is 7.48. The van der Waals surface area contributed by atoms with Gasteiger partial charge in [0.05, 0.1) is 0 Å². The van der Waals surface area contributed by atoms with E-state index >= 15 is 0 Å². The van der Waals surface area contributed by atoms with Crippen molar-refractivity contribution in [2.45, 2.75) is 74.8 Å². The fourth-order valence-electron chi connectivity index (χ4n) is 2.97. The summed E-state index contributed by atoms with van der Waals surface area (Å²) in [4.78, 5) is 11.2. The fraction of sp³-hybridized carbons (Fsp3) is 0.938. The van der Waals surface area contributed by atoms with E-state index in [1.165, 1.54) is 6.42 Å². The van der Waals surface area contributed by atoms with E-state index in [0.29, 0.717) is 11.8 Å². The zero-order valence-corrected chi connectivity index (χ0v) is 13.8. The van der Waals surface area contributed by atoms with Crippen LogP contribution >= 0.6 is 0 Å². The summed E-state index contributed by atoms with van der Waals surface area (Å²) in [5, 5.41) is 3.04. The first kappa shape index (κ1) is 17.5. The van der Waals surface area contributed by atoms with Crippen LogP contribution in [0.1, 0.15) is 68.7 Å². The molecule has 0 fully saturated rings. The molecule has 0 aliphatic heterocycles. The van der Waals surface area contributed by atoms with Crippen molar-refractivity contribution in [1.82, 2.24) is 5.32 Å². The van der Waals surface area contributed by atoms with Gasteiger partial charge in [-0.25, -0.2) is 0 Å². The molecule has 0 saturated carbocycles. The molecule has 0 aromatic heterocycles. The van der Waals surface area contributed by atoms with Gasteiger partial charge in [0.1, 0.15) is 0 Å². The average molecular weight is 255 g/mol. The van der Waals surface area contributed by atoms with Crippen molar-refractivity contribution in [3.05, 3.63) is 0 Å². The predicted molar refractivity (Wildman–Crippen MR) is 79.5 cm³/mol. The van der Waals surface area contributed by atoms with Crippen LogP contribution < -0.4 is 5.32 Å². The second-order valence-electron chi connectivity index (χ2n) is 7.48. The Morgan fingerprint density at radius 2 is 1.50 bits per heavy atom. The highest BCUT2D eigenvalue weighted by molar-refractivity contribution is 5.73. The van der Waals surface area contributed by atoms with E-state index in [4.69, 9.17) is 0 Å². The maximum absolute atomic E-state index is 11.2. The van der Waals surface area contributed by atoms with Gasteiger partial charge in [-0.1, -0.05) is 48.5 Å². The van der Waals surface area contributed by atoms with Gasteiger partial charge in [-0.15, -0.1) is 0 Å². The van der Waals surface area contributed by atoms with Crippen LogP contribution in [0.5, 0.6) is 0 Å². The summed E-state index contributed by atoms with van der Waals surface area (Å²) in [6.45, 7) is 19.9. The Bertz CT molecular complexity index is 279. The third-order valence-electron chi connectivity index (χ3n) is 4.98. The lowest BCUT2D eigenvalue weighted by atomic mass is 9.57. The Hall–Kier alpha value is -0.530. The third kappa shape index (κ3) is 4.29. The van der Waals surface area contributed by atoms with Crippen LogP contribution in [0.2, 0.25) is 0 Å². The molecule has 18 heavy (non-hydrogen) atoms. The molecule has 0 aromatic carbocycles. The molecule has 108 valence electrons. The molecule has 0 heterocycles. The van der Waals surface area contributed by atoms with Crippen LogP contribution in [-0.4, -0.2) is 11.9 Å². The minimum absolute atomic E-state index is 0.0619. The van der Waals surface area contributed by atoms with Gasteiger partial charge in [0.2, 0.25) is 5.91 Å². The maximum atomic E-state index is 11.2. The number of nitrogens with one attached hydrogen (secondary N) is 1. The standard InChI is InChI=1S/C16H33NO/c1-11(2)10-15(6,7)16(8,9)12(3)13(4)17-14(5)18/h11-13H,10H2,1-9H3,(H,17,18). The van der Waals surface area contributed by atoms with Gasteiger partial charge in [-0.2, -0.15) is 0 Å². The van der Waals surface area contributed by atoms with Crippen molar-refractivity contribution in [2.24, 2.45) is 22.7 Å². The van der Waals surface area contributed by atoms with Crippen molar-refractivity contribution in [3.63, 3.8) is 0 Å². The van der Waals surface area contributed by atoms with Crippen molar-refractivity contribution in [1.29, 1.82) is 0 Å². The molecule has 1 N–H and O–H groups in total. The fourth-order valence-corrected chi connectivity index (χ4v) is 2.97. The summed E-state index contributed by atoms with van der Waals surface area (Å²) >= 11 is 0. The van der Waals surface area contributed by atoms with Gasteiger partial charge >= 0.3 is 0 Å². The molecule has 2 nitrogen and oxygen atoms in total. The second kappa shape index (κ2) is 6.08. The van der Waals surface area contributed by atoms with Gasteiger partial charge in [0.15, 0.2) is 0 Å². The Labute approximate surface area is 114 Å². The average Bonchev–Trinajstić information content (AvgIpc) is 2.12. The zero-order chi connectivity index (χ0) is 14.7. The minimum Gasteiger partial charge on any atom is -0.354 e. The molecule has 0 aromatic rings. The van der Waals surface area contributed by atoms with Gasteiger partial charge in [-0.05, 0) is 36.0 Å². The molecule has 0 spiro atoms. The first-order valence-corrected chi connectivity index (χ1v) is 7.19. The lowest BCUT2D eigenvalue weighted by Gasteiger charge is -2.49. The Morgan fingerprint density at radius 1 is 1.06 bits per heavy atom. The lowest BCUT2D eigenvalue weighted by Crippen LogP contribution is -2.48. The van der Waals surface area contributed by atoms with Crippen LogP contribution in [0.25, 0.3) is 0 Å². The third-order valence-corrected chi connectivity index (χ3v) is 4.98. The molecule has 2 atom stereocenters. The van der Waals surface area contributed by atoms with Crippen LogP contribution in [0.4, 0.5) is 0 Å². The van der Waals surface area contributed by atoms with E-state index in [1.807, 2.05) is 0 Å². The molecule has 1 amide bonds. The molecule has 0 radical (unpaired) electrons. The summed E-state index contributed by atoms with van der Waals surface area (Å²) < 4.78 is 0. The van der Waals surface area contributed by atoms with E-state index in [2.05, 4.69) is 60.7 Å². The van der Waals surface area contributed by atoms with Gasteiger partial charge < -0.3 is 5.32 Å². The van der Waals surface area contributed by atoms with Crippen molar-refractivity contribution >= 4 is 5.91 Å². The Morgan fingerprint density at radius 3 is 1.83 bits per heavy atom. The van der Waals surface area contributed by atoms with E-state index in [0.717, 1.165) is 0 Å². The summed E-state index contributed by atoms with van der Waals surface area (Å²) in [6.07, 6.45) is 1.21. The largest absolute Gasteiger partial charge is 0.354 e. The Kier molecular flexibility index (Phi) is 5.90. The quantitative estimate of drug-likeness (QED) is 0.755. The van der Waals surface area contributed by atoms with E-state index in [-0.39, 0.29) is 22.8 Å². The summed E-state index contributed by atoms with van der Waals surface area (Å²) in [7, 11) is 0. The van der Waals surface area contributed by atoms with Crippen LogP contribution in [0.15, 0.2) is 0 Å². The smallest absolute Gasteiger partial charge is 0.217 e. The SMILES string of the molecule is CC(=O)NC(C)C(C)C(C)(C)C(C)(C)CC(C)C. The minimum atomic E-state index is 0.0619. The van der Waals surface area contributed by atoms with E-state index in [1.54, 1.807) is 6.92 Å². The highest BCUT2D eigenvalue weighted by Gasteiger charge is 2.43. The highest BCUT2D eigenvalue weighted by Crippen LogP contribution is 2.49. The van der Waals surface area contributed by atoms with E-state index in [9.17, 15) is 4.79 Å². The van der Waals surface area contributed by atoms with Crippen LogP contribution in [0, 0.1) is 22.7 Å². The lowest BCUT2D eigenvalue weighted by molar-refractivity contribution is -0.120. The summed E-state index contributed by atoms with van der Waals surface area (Å²) in [6, 6.07) is 0.212. The zero-order valence-electron chi connectivity index (χ0n) is 13.8. The molecule has 0 saturated heterocycles. The predicted octanol–water partition coefficient (Wildman–Crippen LogP) is 4.25. The molecule has 0 aliphatic carbocycles. The van der Waals surface area contributed by atoms with E-state index < -0.39 is 0 Å². The van der Waals surface area contributed by atoms with Crippen molar-refractivity contribution in [2.75, 3.05) is 0 Å². The number of carbonyl (C=O) groups is 1. The molecule has 0 bridgehead atoms. The molecule has 2 unspecified atom stereocenters. The number of hydrogen-bond donors (Lipinski definition) is 1. The van der Waals surface area contributed by atoms with Gasteiger partial charge in [0, 0.05) is 13.0 Å².